The summed E-state index contributed by atoms with van der Waals surface area (Å²) in [4.78, 5) is 16.5. The minimum atomic E-state index is 0.0266. The van der Waals surface area contributed by atoms with Crippen molar-refractivity contribution in [1.82, 2.24) is 4.98 Å². The summed E-state index contributed by atoms with van der Waals surface area (Å²) in [7, 11) is 0. The molecule has 124 valence electrons. The molecule has 1 amide bonds. The number of nitrogens with one attached hydrogen (secondary N) is 1. The second-order valence-electron chi connectivity index (χ2n) is 6.19. The van der Waals surface area contributed by atoms with Crippen molar-refractivity contribution in [2.75, 3.05) is 5.32 Å². The largest absolute Gasteiger partial charge is 0.436 e. The Morgan fingerprint density at radius 1 is 1.25 bits per heavy atom. The van der Waals surface area contributed by atoms with Crippen molar-refractivity contribution in [2.24, 2.45) is 5.92 Å². The molecule has 0 aliphatic rings. The van der Waals surface area contributed by atoms with Gasteiger partial charge in [-0.1, -0.05) is 35.8 Å². The van der Waals surface area contributed by atoms with Gasteiger partial charge in [-0.2, -0.15) is 0 Å². The lowest BCUT2D eigenvalue weighted by Crippen LogP contribution is -2.12. The molecule has 0 unspecified atom stereocenters. The van der Waals surface area contributed by atoms with E-state index in [1.54, 1.807) is 0 Å². The lowest BCUT2D eigenvalue weighted by atomic mass is 10.1. The van der Waals surface area contributed by atoms with Crippen LogP contribution < -0.4 is 5.32 Å². The van der Waals surface area contributed by atoms with Gasteiger partial charge in [-0.05, 0) is 48.7 Å². The third-order valence-corrected chi connectivity index (χ3v) is 4.18. The first-order chi connectivity index (χ1) is 11.5. The molecule has 4 nitrogen and oxygen atoms in total. The number of anilines is 1. The SMILES string of the molecule is CC(C)CCC(=O)Nc1ccc2oc(-c3cccc(Br)c3)nc2c1. The maximum atomic E-state index is 12.0. The number of rotatable bonds is 5. The van der Waals surface area contributed by atoms with Crippen LogP contribution in [0.25, 0.3) is 22.6 Å². The molecule has 3 aromatic rings. The van der Waals surface area contributed by atoms with Gasteiger partial charge in [0.15, 0.2) is 5.58 Å². The number of nitrogens with zero attached hydrogens (tertiary/aromatic N) is 1. The van der Waals surface area contributed by atoms with E-state index >= 15 is 0 Å². The van der Waals surface area contributed by atoms with Gasteiger partial charge in [-0.3, -0.25) is 4.79 Å². The summed E-state index contributed by atoms with van der Waals surface area (Å²) >= 11 is 3.45. The van der Waals surface area contributed by atoms with Crippen LogP contribution in [0.2, 0.25) is 0 Å². The van der Waals surface area contributed by atoms with Crippen LogP contribution >= 0.6 is 15.9 Å². The Balaban J connectivity index is 1.80. The first-order valence-electron chi connectivity index (χ1n) is 7.97. The van der Waals surface area contributed by atoms with Crippen molar-refractivity contribution < 1.29 is 9.21 Å². The molecular weight excluding hydrogens is 368 g/mol. The first kappa shape index (κ1) is 16.7. The van der Waals surface area contributed by atoms with Gasteiger partial charge in [0.25, 0.3) is 0 Å². The van der Waals surface area contributed by atoms with E-state index in [1.165, 1.54) is 0 Å². The van der Waals surface area contributed by atoms with Gasteiger partial charge in [0.1, 0.15) is 5.52 Å². The standard InChI is InChI=1S/C19H19BrN2O2/c1-12(2)6-9-18(23)21-15-7-8-17-16(11-15)22-19(24-17)13-4-3-5-14(20)10-13/h3-5,7-8,10-12H,6,9H2,1-2H3,(H,21,23). The monoisotopic (exact) mass is 386 g/mol. The number of carbonyl (C=O) groups is 1. The highest BCUT2D eigenvalue weighted by Gasteiger charge is 2.10. The number of hydrogen-bond donors (Lipinski definition) is 1. The molecule has 0 spiro atoms. The van der Waals surface area contributed by atoms with E-state index in [0.717, 1.165) is 27.7 Å². The van der Waals surface area contributed by atoms with Gasteiger partial charge < -0.3 is 9.73 Å². The molecule has 0 radical (unpaired) electrons. The Morgan fingerprint density at radius 2 is 2.08 bits per heavy atom. The smallest absolute Gasteiger partial charge is 0.227 e. The normalized spacial score (nSPS) is 11.2. The van der Waals surface area contributed by atoms with Crippen molar-refractivity contribution in [3.63, 3.8) is 0 Å². The zero-order valence-electron chi connectivity index (χ0n) is 13.7. The quantitative estimate of drug-likeness (QED) is 0.617. The minimum absolute atomic E-state index is 0.0266. The molecule has 1 heterocycles. The van der Waals surface area contributed by atoms with Crippen molar-refractivity contribution in [2.45, 2.75) is 26.7 Å². The fourth-order valence-electron chi connectivity index (χ4n) is 2.39. The molecule has 3 rings (SSSR count). The van der Waals surface area contributed by atoms with Gasteiger partial charge >= 0.3 is 0 Å². The molecule has 0 fully saturated rings. The van der Waals surface area contributed by atoms with E-state index in [-0.39, 0.29) is 5.91 Å². The lowest BCUT2D eigenvalue weighted by molar-refractivity contribution is -0.116. The Morgan fingerprint density at radius 3 is 2.83 bits per heavy atom. The maximum absolute atomic E-state index is 12.0. The number of fused-ring (bicyclic) bond motifs is 1. The summed E-state index contributed by atoms with van der Waals surface area (Å²) in [6.07, 6.45) is 1.41. The molecule has 24 heavy (non-hydrogen) atoms. The van der Waals surface area contributed by atoms with Gasteiger partial charge in [0, 0.05) is 22.1 Å². The number of oxazole rings is 1. The van der Waals surface area contributed by atoms with Gasteiger partial charge in [-0.25, -0.2) is 4.98 Å². The molecule has 5 heteroatoms. The molecule has 0 bridgehead atoms. The number of halogens is 1. The highest BCUT2D eigenvalue weighted by atomic mass is 79.9. The summed E-state index contributed by atoms with van der Waals surface area (Å²) in [5.41, 5.74) is 3.07. The predicted octanol–water partition coefficient (Wildman–Crippen LogP) is 5.63. The molecule has 1 N–H and O–H groups in total. The first-order valence-corrected chi connectivity index (χ1v) is 8.77. The van der Waals surface area contributed by atoms with Crippen LogP contribution in [0.1, 0.15) is 26.7 Å². The van der Waals surface area contributed by atoms with Crippen LogP contribution in [0.15, 0.2) is 51.4 Å². The molecular formula is C19H19BrN2O2. The molecule has 0 aliphatic heterocycles. The molecule has 2 aromatic carbocycles. The second kappa shape index (κ2) is 7.18. The fraction of sp³-hybridized carbons (Fsp3) is 0.263. The second-order valence-corrected chi connectivity index (χ2v) is 7.11. The van der Waals surface area contributed by atoms with Crippen molar-refractivity contribution in [3.8, 4) is 11.5 Å². The van der Waals surface area contributed by atoms with E-state index in [9.17, 15) is 4.79 Å². The van der Waals surface area contributed by atoms with E-state index in [2.05, 4.69) is 40.1 Å². The van der Waals surface area contributed by atoms with Crippen molar-refractivity contribution in [1.29, 1.82) is 0 Å². The van der Waals surface area contributed by atoms with Crippen LogP contribution in [-0.4, -0.2) is 10.9 Å². The Hall–Kier alpha value is -2.14. The molecule has 0 atom stereocenters. The predicted molar refractivity (Wildman–Crippen MR) is 99.8 cm³/mol. The van der Waals surface area contributed by atoms with Gasteiger partial charge in [0.2, 0.25) is 11.8 Å². The number of aromatic nitrogens is 1. The molecule has 0 aliphatic carbocycles. The molecule has 1 aromatic heterocycles. The van der Waals surface area contributed by atoms with Gasteiger partial charge in [0.05, 0.1) is 0 Å². The minimum Gasteiger partial charge on any atom is -0.436 e. The van der Waals surface area contributed by atoms with E-state index in [4.69, 9.17) is 4.42 Å². The summed E-state index contributed by atoms with van der Waals surface area (Å²) in [5, 5.41) is 2.92. The highest BCUT2D eigenvalue weighted by molar-refractivity contribution is 9.10. The van der Waals surface area contributed by atoms with Crippen molar-refractivity contribution >= 4 is 38.6 Å². The fourth-order valence-corrected chi connectivity index (χ4v) is 2.79. The van der Waals surface area contributed by atoms with Gasteiger partial charge in [-0.15, -0.1) is 0 Å². The van der Waals surface area contributed by atoms with Crippen LogP contribution in [0.3, 0.4) is 0 Å². The molecule has 0 saturated carbocycles. The van der Waals surface area contributed by atoms with E-state index in [1.807, 2.05) is 42.5 Å². The number of benzene rings is 2. The average Bonchev–Trinajstić information content (AvgIpc) is 2.96. The van der Waals surface area contributed by atoms with E-state index < -0.39 is 0 Å². The maximum Gasteiger partial charge on any atom is 0.227 e. The Labute approximate surface area is 149 Å². The van der Waals surface area contributed by atoms with Crippen LogP contribution in [0.4, 0.5) is 5.69 Å². The zero-order chi connectivity index (χ0) is 17.1. The molecule has 0 saturated heterocycles. The summed E-state index contributed by atoms with van der Waals surface area (Å²) in [6.45, 7) is 4.22. The topological polar surface area (TPSA) is 55.1 Å². The lowest BCUT2D eigenvalue weighted by Gasteiger charge is -2.06. The summed E-state index contributed by atoms with van der Waals surface area (Å²) in [6, 6.07) is 13.3. The third-order valence-electron chi connectivity index (χ3n) is 3.69. The van der Waals surface area contributed by atoms with Crippen LogP contribution in [0, 0.1) is 5.92 Å². The van der Waals surface area contributed by atoms with Crippen LogP contribution in [0.5, 0.6) is 0 Å². The van der Waals surface area contributed by atoms with E-state index in [0.29, 0.717) is 23.8 Å². The summed E-state index contributed by atoms with van der Waals surface area (Å²) < 4.78 is 6.78. The van der Waals surface area contributed by atoms with Crippen molar-refractivity contribution in [3.05, 3.63) is 46.9 Å². The summed E-state index contributed by atoms with van der Waals surface area (Å²) in [5.74, 6) is 1.11. The highest BCUT2D eigenvalue weighted by Crippen LogP contribution is 2.27. The number of amides is 1. The Kier molecular flexibility index (Phi) is 5.00. The number of carbonyl (C=O) groups excluding carboxylic acids is 1. The average molecular weight is 387 g/mol. The zero-order valence-corrected chi connectivity index (χ0v) is 15.3. The Bertz CT molecular complexity index is 871. The van der Waals surface area contributed by atoms with Crippen LogP contribution in [-0.2, 0) is 4.79 Å². The third kappa shape index (κ3) is 4.03. The number of hydrogen-bond acceptors (Lipinski definition) is 3.